The number of halogens is 1. The lowest BCUT2D eigenvalue weighted by molar-refractivity contribution is 0.0577. The third-order valence-electron chi connectivity index (χ3n) is 6.15. The summed E-state index contributed by atoms with van der Waals surface area (Å²) in [6.45, 7) is 9.01. The number of aryl methyl sites for hydroxylation is 1. The van der Waals surface area contributed by atoms with Crippen molar-refractivity contribution in [2.75, 3.05) is 11.6 Å². The number of sulfonamides is 1. The van der Waals surface area contributed by atoms with Crippen molar-refractivity contribution in [3.63, 3.8) is 0 Å². The molecule has 0 aliphatic heterocycles. The summed E-state index contributed by atoms with van der Waals surface area (Å²) >= 11 is 6.03. The van der Waals surface area contributed by atoms with Crippen LogP contribution in [-0.2, 0) is 16.6 Å². The number of aromatic nitrogens is 3. The highest BCUT2D eigenvalue weighted by atomic mass is 35.5. The molecule has 11 nitrogen and oxygen atoms in total. The van der Waals surface area contributed by atoms with Gasteiger partial charge in [-0.15, -0.1) is 0 Å². The molecule has 4 aromatic rings. The van der Waals surface area contributed by atoms with Gasteiger partial charge in [-0.1, -0.05) is 17.7 Å². The number of benzene rings is 1. The maximum atomic E-state index is 13.5. The summed E-state index contributed by atoms with van der Waals surface area (Å²) in [7, 11) is -3.75. The van der Waals surface area contributed by atoms with Gasteiger partial charge in [-0.05, 0) is 58.4 Å². The van der Waals surface area contributed by atoms with Crippen molar-refractivity contribution in [3.8, 4) is 11.3 Å². The van der Waals surface area contributed by atoms with E-state index in [0.29, 0.717) is 39.1 Å². The first-order valence-electron chi connectivity index (χ1n) is 12.4. The number of nitrogens with one attached hydrogen (secondary N) is 2. The Morgan fingerprint density at radius 1 is 1.23 bits per heavy atom. The van der Waals surface area contributed by atoms with E-state index in [9.17, 15) is 23.4 Å². The normalized spacial score (nSPS) is 13.9. The van der Waals surface area contributed by atoms with Gasteiger partial charge < -0.3 is 19.9 Å². The Morgan fingerprint density at radius 3 is 2.58 bits per heavy atom. The maximum absolute atomic E-state index is 13.5. The SMILES string of the molecule is Cc1cc([C@@H](C)Nc2ccc(Cl)nc2C(O)NS(C)(=O)=O)c2oc(-c3cnn(CC(C)(C)O)c3)c(C)c(=O)c2c1. The van der Waals surface area contributed by atoms with E-state index in [2.05, 4.69) is 20.1 Å². The average Bonchev–Trinajstić information content (AvgIpc) is 3.27. The highest BCUT2D eigenvalue weighted by Gasteiger charge is 2.23. The Morgan fingerprint density at radius 2 is 1.93 bits per heavy atom. The highest BCUT2D eigenvalue weighted by molar-refractivity contribution is 7.88. The van der Waals surface area contributed by atoms with Gasteiger partial charge >= 0.3 is 0 Å². The van der Waals surface area contributed by atoms with Gasteiger partial charge in [-0.25, -0.2) is 13.4 Å². The van der Waals surface area contributed by atoms with E-state index in [1.54, 1.807) is 50.0 Å². The minimum absolute atomic E-state index is 0.0149. The van der Waals surface area contributed by atoms with Crippen LogP contribution in [0, 0.1) is 13.8 Å². The summed E-state index contributed by atoms with van der Waals surface area (Å²) in [6.07, 6.45) is 2.57. The molecule has 0 saturated carbocycles. The molecule has 40 heavy (non-hydrogen) atoms. The van der Waals surface area contributed by atoms with E-state index in [1.165, 1.54) is 6.07 Å². The lowest BCUT2D eigenvalue weighted by Gasteiger charge is -2.22. The van der Waals surface area contributed by atoms with E-state index in [4.69, 9.17) is 16.0 Å². The van der Waals surface area contributed by atoms with Crippen LogP contribution < -0.4 is 15.5 Å². The zero-order chi connectivity index (χ0) is 29.6. The third kappa shape index (κ3) is 6.70. The minimum Gasteiger partial charge on any atom is -0.455 e. The Hall–Kier alpha value is -3.29. The second kappa shape index (κ2) is 10.9. The number of hydrogen-bond acceptors (Lipinski definition) is 9. The van der Waals surface area contributed by atoms with Gasteiger partial charge in [0, 0.05) is 17.3 Å². The summed E-state index contributed by atoms with van der Waals surface area (Å²) in [5.74, 6) is 0.360. The molecule has 1 unspecified atom stereocenters. The van der Waals surface area contributed by atoms with Gasteiger partial charge in [-0.2, -0.15) is 9.82 Å². The summed E-state index contributed by atoms with van der Waals surface area (Å²) in [4.78, 5) is 17.6. The van der Waals surface area contributed by atoms with E-state index in [0.717, 1.165) is 11.8 Å². The zero-order valence-corrected chi connectivity index (χ0v) is 24.6. The molecular weight excluding hydrogens is 558 g/mol. The standard InChI is InChI=1S/C27H32ClN5O6S/c1-14-9-18(16(3)30-20-7-8-21(28)31-22(20)26(35)32-40(6,37)38)25-19(10-14)23(34)15(2)24(39-25)17-11-29-33(12-17)13-27(4,5)36/h7-12,16,26,30,32,35-36H,13H2,1-6H3/t16-,26?/m1/s1. The Labute approximate surface area is 236 Å². The molecular formula is C27H32ClN5O6S. The first-order chi connectivity index (χ1) is 18.5. The van der Waals surface area contributed by atoms with Crippen LogP contribution in [0.3, 0.4) is 0 Å². The molecule has 3 aromatic heterocycles. The number of anilines is 1. The Bertz CT molecular complexity index is 1740. The fourth-order valence-corrected chi connectivity index (χ4v) is 5.15. The maximum Gasteiger partial charge on any atom is 0.211 e. The van der Waals surface area contributed by atoms with Crippen LogP contribution in [0.2, 0.25) is 5.15 Å². The topological polar surface area (TPSA) is 160 Å². The van der Waals surface area contributed by atoms with Crippen molar-refractivity contribution >= 4 is 38.3 Å². The Balaban J connectivity index is 1.80. The van der Waals surface area contributed by atoms with E-state index >= 15 is 0 Å². The second-order valence-corrected chi connectivity index (χ2v) is 12.7. The van der Waals surface area contributed by atoms with Crippen LogP contribution in [0.4, 0.5) is 5.69 Å². The molecule has 0 radical (unpaired) electrons. The molecule has 4 rings (SSSR count). The van der Waals surface area contributed by atoms with Gasteiger partial charge in [0.2, 0.25) is 10.0 Å². The number of rotatable bonds is 9. The van der Waals surface area contributed by atoms with E-state index in [-0.39, 0.29) is 22.8 Å². The minimum atomic E-state index is -3.75. The molecule has 214 valence electrons. The number of aliphatic hydroxyl groups is 2. The molecule has 1 aromatic carbocycles. The van der Waals surface area contributed by atoms with Crippen molar-refractivity contribution in [1.29, 1.82) is 0 Å². The number of pyridine rings is 1. The van der Waals surface area contributed by atoms with Gasteiger partial charge in [0.25, 0.3) is 0 Å². The summed E-state index contributed by atoms with van der Waals surface area (Å²) in [6, 6.07) is 6.25. The molecule has 0 amide bonds. The highest BCUT2D eigenvalue weighted by Crippen LogP contribution is 2.33. The molecule has 4 N–H and O–H groups in total. The van der Waals surface area contributed by atoms with Crippen LogP contribution in [0.1, 0.15) is 55.4 Å². The summed E-state index contributed by atoms with van der Waals surface area (Å²) in [5.41, 5.74) is 2.02. The van der Waals surface area contributed by atoms with Crippen LogP contribution in [0.5, 0.6) is 0 Å². The van der Waals surface area contributed by atoms with Crippen LogP contribution >= 0.6 is 11.6 Å². The first kappa shape index (κ1) is 29.7. The zero-order valence-electron chi connectivity index (χ0n) is 23.0. The molecule has 0 spiro atoms. The van der Waals surface area contributed by atoms with Crippen LogP contribution in [-0.4, -0.2) is 45.3 Å². The van der Waals surface area contributed by atoms with Crippen molar-refractivity contribution in [2.24, 2.45) is 0 Å². The fraction of sp³-hybridized carbons (Fsp3) is 0.370. The molecule has 13 heteroatoms. The summed E-state index contributed by atoms with van der Waals surface area (Å²) < 4.78 is 33.5. The molecule has 0 aliphatic rings. The summed E-state index contributed by atoms with van der Waals surface area (Å²) in [5, 5.41) is 28.7. The number of fused-ring (bicyclic) bond motifs is 1. The largest absolute Gasteiger partial charge is 0.455 e. The van der Waals surface area contributed by atoms with Crippen LogP contribution in [0.15, 0.2) is 45.9 Å². The molecule has 0 fully saturated rings. The van der Waals surface area contributed by atoms with Gasteiger partial charge in [-0.3, -0.25) is 9.48 Å². The van der Waals surface area contributed by atoms with Crippen molar-refractivity contribution in [3.05, 3.63) is 74.4 Å². The number of hydrogen-bond donors (Lipinski definition) is 4. The van der Waals surface area contributed by atoms with Gasteiger partial charge in [0.05, 0.1) is 47.3 Å². The average molecular weight is 590 g/mol. The van der Waals surface area contributed by atoms with E-state index in [1.807, 2.05) is 19.9 Å². The lowest BCUT2D eigenvalue weighted by Crippen LogP contribution is -2.28. The molecule has 0 aliphatic carbocycles. The molecule has 0 saturated heterocycles. The molecule has 3 heterocycles. The lowest BCUT2D eigenvalue weighted by atomic mass is 9.99. The third-order valence-corrected chi connectivity index (χ3v) is 7.01. The van der Waals surface area contributed by atoms with Crippen molar-refractivity contribution < 1.29 is 23.0 Å². The van der Waals surface area contributed by atoms with Crippen LogP contribution in [0.25, 0.3) is 22.3 Å². The molecule has 2 atom stereocenters. The smallest absolute Gasteiger partial charge is 0.211 e. The first-order valence-corrected chi connectivity index (χ1v) is 14.7. The number of aliphatic hydroxyl groups excluding tert-OH is 1. The van der Waals surface area contributed by atoms with Crippen molar-refractivity contribution in [1.82, 2.24) is 19.5 Å². The number of nitrogens with zero attached hydrogens (tertiary/aromatic N) is 3. The predicted molar refractivity (Wildman–Crippen MR) is 154 cm³/mol. The Kier molecular flexibility index (Phi) is 8.12. The monoisotopic (exact) mass is 589 g/mol. The van der Waals surface area contributed by atoms with Gasteiger partial charge in [0.15, 0.2) is 11.7 Å². The quantitative estimate of drug-likeness (QED) is 0.168. The van der Waals surface area contributed by atoms with E-state index < -0.39 is 27.9 Å². The van der Waals surface area contributed by atoms with Crippen molar-refractivity contribution in [2.45, 2.75) is 59.0 Å². The predicted octanol–water partition coefficient (Wildman–Crippen LogP) is 3.81. The molecule has 0 bridgehead atoms. The van der Waals surface area contributed by atoms with Gasteiger partial charge in [0.1, 0.15) is 22.2 Å². The fourth-order valence-electron chi connectivity index (χ4n) is 4.48. The second-order valence-electron chi connectivity index (χ2n) is 10.6.